The predicted molar refractivity (Wildman–Crippen MR) is 118 cm³/mol. The molecule has 0 amide bonds. The van der Waals surface area contributed by atoms with Crippen molar-refractivity contribution < 1.29 is 9.53 Å². The summed E-state index contributed by atoms with van der Waals surface area (Å²) in [5, 5.41) is 1.16. The van der Waals surface area contributed by atoms with Crippen LogP contribution in [0.15, 0.2) is 94.7 Å². The van der Waals surface area contributed by atoms with E-state index in [-0.39, 0.29) is 12.4 Å². The quantitative estimate of drug-likeness (QED) is 0.359. The highest BCUT2D eigenvalue weighted by molar-refractivity contribution is 7.99. The number of fused-ring (bicyclic) bond motifs is 1. The number of rotatable bonds is 7. The van der Waals surface area contributed by atoms with E-state index in [9.17, 15) is 4.79 Å². The number of para-hydroxylation sites is 1. The molecule has 29 heavy (non-hydrogen) atoms. The Hall–Kier alpha value is -2.98. The van der Waals surface area contributed by atoms with E-state index in [1.807, 2.05) is 43.3 Å². The number of esters is 1. The molecule has 0 N–H and O–H groups in total. The summed E-state index contributed by atoms with van der Waals surface area (Å²) in [6, 6.07) is 29.0. The maximum Gasteiger partial charge on any atom is 0.311 e. The second-order valence-corrected chi connectivity index (χ2v) is 7.85. The van der Waals surface area contributed by atoms with Crippen LogP contribution in [0.25, 0.3) is 10.9 Å². The Bertz CT molecular complexity index is 1030. The maximum atomic E-state index is 12.5. The first-order chi connectivity index (χ1) is 14.3. The van der Waals surface area contributed by atoms with E-state index in [1.54, 1.807) is 11.8 Å². The minimum atomic E-state index is -0.195. The molecule has 0 atom stereocenters. The first-order valence-electron chi connectivity index (χ1n) is 9.79. The first kappa shape index (κ1) is 19.3. The van der Waals surface area contributed by atoms with Gasteiger partial charge in [-0.25, -0.2) is 0 Å². The van der Waals surface area contributed by atoms with Gasteiger partial charge in [-0.3, -0.25) is 4.79 Å². The predicted octanol–water partition coefficient (Wildman–Crippen LogP) is 5.95. The third-order valence-corrected chi connectivity index (χ3v) is 5.96. The van der Waals surface area contributed by atoms with Crippen LogP contribution in [0.4, 0.5) is 0 Å². The molecule has 1 heterocycles. The molecule has 4 aromatic rings. The standard InChI is InChI=1S/C25H23NO2S/c1-2-28-24(27)17-23-25(29-20-13-7-4-8-14-20)21-15-9-10-16-22(21)26(23)18-19-11-5-3-6-12-19/h3-16H,2,17-18H2,1H3. The summed E-state index contributed by atoms with van der Waals surface area (Å²) >= 11 is 1.71. The van der Waals surface area contributed by atoms with Gasteiger partial charge in [-0.1, -0.05) is 78.5 Å². The Morgan fingerprint density at radius 1 is 0.897 bits per heavy atom. The van der Waals surface area contributed by atoms with Crippen LogP contribution in [-0.4, -0.2) is 17.1 Å². The lowest BCUT2D eigenvalue weighted by Crippen LogP contribution is -2.13. The van der Waals surface area contributed by atoms with Gasteiger partial charge < -0.3 is 9.30 Å². The van der Waals surface area contributed by atoms with Crippen LogP contribution in [0.5, 0.6) is 0 Å². The normalized spacial score (nSPS) is 10.9. The summed E-state index contributed by atoms with van der Waals surface area (Å²) in [5.74, 6) is -0.195. The van der Waals surface area contributed by atoms with Gasteiger partial charge in [0.05, 0.1) is 13.0 Å². The SMILES string of the molecule is CCOC(=O)Cc1c(Sc2ccccc2)c2ccccc2n1Cc1ccccc1. The number of hydrogen-bond acceptors (Lipinski definition) is 3. The molecule has 0 saturated carbocycles. The molecule has 0 radical (unpaired) electrons. The summed E-state index contributed by atoms with van der Waals surface area (Å²) in [5.41, 5.74) is 3.34. The lowest BCUT2D eigenvalue weighted by Gasteiger charge is -2.12. The lowest BCUT2D eigenvalue weighted by molar-refractivity contribution is -0.142. The Labute approximate surface area is 175 Å². The van der Waals surface area contributed by atoms with Crippen molar-refractivity contribution in [1.29, 1.82) is 0 Å². The monoisotopic (exact) mass is 401 g/mol. The van der Waals surface area contributed by atoms with Crippen molar-refractivity contribution >= 4 is 28.6 Å². The van der Waals surface area contributed by atoms with Crippen molar-refractivity contribution in [3.05, 3.63) is 96.2 Å². The number of nitrogens with zero attached hydrogens (tertiary/aromatic N) is 1. The van der Waals surface area contributed by atoms with Crippen molar-refractivity contribution in [1.82, 2.24) is 4.57 Å². The van der Waals surface area contributed by atoms with E-state index >= 15 is 0 Å². The van der Waals surface area contributed by atoms with E-state index in [2.05, 4.69) is 53.1 Å². The molecular formula is C25H23NO2S. The second kappa shape index (κ2) is 9.01. The summed E-state index contributed by atoms with van der Waals surface area (Å²) in [4.78, 5) is 14.7. The molecule has 0 spiro atoms. The van der Waals surface area contributed by atoms with Crippen LogP contribution in [-0.2, 0) is 22.5 Å². The summed E-state index contributed by atoms with van der Waals surface area (Å²) in [7, 11) is 0. The number of ether oxygens (including phenoxy) is 1. The van der Waals surface area contributed by atoms with Crippen LogP contribution in [0.3, 0.4) is 0 Å². The Kier molecular flexibility index (Phi) is 6.01. The summed E-state index contributed by atoms with van der Waals surface area (Å²) in [6.07, 6.45) is 0.254. The molecule has 0 aliphatic heterocycles. The zero-order chi connectivity index (χ0) is 20.1. The third-order valence-electron chi connectivity index (χ3n) is 4.79. The highest BCUT2D eigenvalue weighted by atomic mass is 32.2. The largest absolute Gasteiger partial charge is 0.466 e. The van der Waals surface area contributed by atoms with Gasteiger partial charge in [0.15, 0.2) is 0 Å². The van der Waals surface area contributed by atoms with Crippen LogP contribution in [0.1, 0.15) is 18.2 Å². The van der Waals surface area contributed by atoms with Crippen molar-refractivity contribution in [2.75, 3.05) is 6.61 Å². The van der Waals surface area contributed by atoms with Crippen LogP contribution in [0, 0.1) is 0 Å². The molecular weight excluding hydrogens is 378 g/mol. The van der Waals surface area contributed by atoms with Gasteiger partial charge >= 0.3 is 5.97 Å². The van der Waals surface area contributed by atoms with Crippen LogP contribution in [0.2, 0.25) is 0 Å². The molecule has 3 nitrogen and oxygen atoms in total. The van der Waals surface area contributed by atoms with Gasteiger partial charge in [0.2, 0.25) is 0 Å². The van der Waals surface area contributed by atoms with Crippen molar-refractivity contribution in [2.24, 2.45) is 0 Å². The molecule has 0 aliphatic carbocycles. The van der Waals surface area contributed by atoms with Gasteiger partial charge in [-0.05, 0) is 30.7 Å². The van der Waals surface area contributed by atoms with E-state index in [1.165, 1.54) is 5.56 Å². The fourth-order valence-corrected chi connectivity index (χ4v) is 4.63. The topological polar surface area (TPSA) is 31.2 Å². The third kappa shape index (κ3) is 4.38. The molecule has 0 bridgehead atoms. The molecule has 1 aromatic heterocycles. The fourth-order valence-electron chi connectivity index (χ4n) is 3.52. The van der Waals surface area contributed by atoms with E-state index < -0.39 is 0 Å². The van der Waals surface area contributed by atoms with Crippen LogP contribution < -0.4 is 0 Å². The highest BCUT2D eigenvalue weighted by Crippen LogP contribution is 2.39. The van der Waals surface area contributed by atoms with Crippen molar-refractivity contribution in [3.8, 4) is 0 Å². The number of hydrogen-bond donors (Lipinski definition) is 0. The van der Waals surface area contributed by atoms with E-state index in [4.69, 9.17) is 4.74 Å². The Morgan fingerprint density at radius 3 is 2.28 bits per heavy atom. The summed E-state index contributed by atoms with van der Waals surface area (Å²) < 4.78 is 7.55. The average molecular weight is 402 g/mol. The first-order valence-corrected chi connectivity index (χ1v) is 10.6. The molecule has 3 aromatic carbocycles. The van der Waals surface area contributed by atoms with Crippen molar-refractivity contribution in [2.45, 2.75) is 29.7 Å². The van der Waals surface area contributed by atoms with Crippen LogP contribution >= 0.6 is 11.8 Å². The lowest BCUT2D eigenvalue weighted by atomic mass is 10.2. The fraction of sp³-hybridized carbons (Fsp3) is 0.160. The molecule has 0 unspecified atom stereocenters. The molecule has 0 aliphatic rings. The minimum Gasteiger partial charge on any atom is -0.466 e. The molecule has 4 rings (SSSR count). The zero-order valence-electron chi connectivity index (χ0n) is 16.4. The summed E-state index contributed by atoms with van der Waals surface area (Å²) in [6.45, 7) is 2.95. The molecule has 146 valence electrons. The van der Waals surface area contributed by atoms with E-state index in [0.717, 1.165) is 26.4 Å². The molecule has 0 saturated heterocycles. The maximum absolute atomic E-state index is 12.5. The Balaban J connectivity index is 1.85. The van der Waals surface area contributed by atoms with Gasteiger partial charge in [-0.2, -0.15) is 0 Å². The zero-order valence-corrected chi connectivity index (χ0v) is 17.2. The Morgan fingerprint density at radius 2 is 1.55 bits per heavy atom. The number of aromatic nitrogens is 1. The number of carbonyl (C=O) groups is 1. The van der Waals surface area contributed by atoms with Gasteiger partial charge in [0.25, 0.3) is 0 Å². The van der Waals surface area contributed by atoms with Crippen molar-refractivity contribution in [3.63, 3.8) is 0 Å². The average Bonchev–Trinajstić information content (AvgIpc) is 3.03. The molecule has 4 heteroatoms. The van der Waals surface area contributed by atoms with E-state index in [0.29, 0.717) is 13.2 Å². The van der Waals surface area contributed by atoms with Gasteiger partial charge in [0, 0.05) is 32.9 Å². The minimum absolute atomic E-state index is 0.195. The van der Waals surface area contributed by atoms with Gasteiger partial charge in [-0.15, -0.1) is 0 Å². The number of carbonyl (C=O) groups excluding carboxylic acids is 1. The smallest absolute Gasteiger partial charge is 0.311 e. The second-order valence-electron chi connectivity index (χ2n) is 6.76. The number of benzene rings is 3. The molecule has 0 fully saturated rings. The highest BCUT2D eigenvalue weighted by Gasteiger charge is 2.21. The van der Waals surface area contributed by atoms with Gasteiger partial charge in [0.1, 0.15) is 0 Å².